The van der Waals surface area contributed by atoms with E-state index in [4.69, 9.17) is 10.8 Å². The van der Waals surface area contributed by atoms with Crippen LogP contribution in [0.5, 0.6) is 0 Å². The zero-order valence-electron chi connectivity index (χ0n) is 9.08. The van der Waals surface area contributed by atoms with Crippen molar-refractivity contribution in [3.05, 3.63) is 48.0 Å². The number of hydrogen-bond acceptors (Lipinski definition) is 3. The van der Waals surface area contributed by atoms with Crippen LogP contribution < -0.4 is 5.73 Å². The van der Waals surface area contributed by atoms with Gasteiger partial charge in [0.2, 0.25) is 0 Å². The molecular weight excluding hydrogens is 225 g/mol. The Labute approximate surface area is 117 Å². The molecule has 0 spiro atoms. The Morgan fingerprint density at radius 1 is 1.11 bits per heavy atom. The molecule has 18 heavy (non-hydrogen) atoms. The molecule has 90 valence electrons. The summed E-state index contributed by atoms with van der Waals surface area (Å²) in [5.74, 6) is -1.22. The van der Waals surface area contributed by atoms with Gasteiger partial charge in [0.15, 0.2) is 0 Å². The average Bonchev–Trinajstić information content (AvgIpc) is 2.36. The van der Waals surface area contributed by atoms with Gasteiger partial charge in [-0.1, -0.05) is 36.4 Å². The summed E-state index contributed by atoms with van der Waals surface area (Å²) in [5.41, 5.74) is 5.90. The molecule has 2 aromatic carbocycles. The molecule has 2 atom stereocenters. The summed E-state index contributed by atoms with van der Waals surface area (Å²) in [6.45, 7) is 0. The van der Waals surface area contributed by atoms with E-state index in [0.717, 1.165) is 10.8 Å². The Hall–Kier alpha value is -1.31. The fourth-order valence-electron chi connectivity index (χ4n) is 1.73. The third-order valence-corrected chi connectivity index (χ3v) is 2.74. The molecule has 0 aromatic heterocycles. The van der Waals surface area contributed by atoms with Crippen molar-refractivity contribution in [3.63, 3.8) is 0 Å². The quantitative estimate of drug-likeness (QED) is 0.686. The van der Waals surface area contributed by atoms with Crippen molar-refractivity contribution in [2.45, 2.75) is 12.1 Å². The first-order valence-electron chi connectivity index (χ1n) is 5.25. The van der Waals surface area contributed by atoms with Crippen LogP contribution in [0.2, 0.25) is 0 Å². The average molecular weight is 239 g/mol. The molecule has 0 aliphatic carbocycles. The van der Waals surface area contributed by atoms with Gasteiger partial charge in [0.1, 0.15) is 12.1 Å². The SMILES string of the molecule is N[C@H](C(=O)O)C(O)c1ccc2ccccc2c1.[LiH]. The van der Waals surface area contributed by atoms with Gasteiger partial charge in [-0.2, -0.15) is 0 Å². The predicted molar refractivity (Wildman–Crippen MR) is 71.7 cm³/mol. The maximum absolute atomic E-state index is 10.7. The Bertz CT molecular complexity index is 559. The van der Waals surface area contributed by atoms with E-state index >= 15 is 0 Å². The van der Waals surface area contributed by atoms with Gasteiger partial charge in [-0.3, -0.25) is 4.79 Å². The number of nitrogens with two attached hydrogens (primary N) is 1. The number of benzene rings is 2. The van der Waals surface area contributed by atoms with Crippen molar-refractivity contribution in [1.29, 1.82) is 0 Å². The second kappa shape index (κ2) is 6.03. The van der Waals surface area contributed by atoms with Gasteiger partial charge in [0.05, 0.1) is 0 Å². The summed E-state index contributed by atoms with van der Waals surface area (Å²) < 4.78 is 0. The molecule has 0 aliphatic heterocycles. The van der Waals surface area contributed by atoms with Crippen LogP contribution in [0.4, 0.5) is 0 Å². The predicted octanol–water partition coefficient (Wildman–Crippen LogP) is 0.637. The molecular formula is C13H14LiNO3. The first kappa shape index (κ1) is 14.7. The molecule has 1 unspecified atom stereocenters. The Morgan fingerprint density at radius 2 is 1.72 bits per heavy atom. The molecule has 2 aromatic rings. The van der Waals surface area contributed by atoms with Crippen LogP contribution in [0, 0.1) is 0 Å². The van der Waals surface area contributed by atoms with Crippen molar-refractivity contribution >= 4 is 35.6 Å². The minimum atomic E-state index is -1.31. The van der Waals surface area contributed by atoms with Crippen LogP contribution in [0.1, 0.15) is 11.7 Å². The molecule has 5 heteroatoms. The third kappa shape index (κ3) is 2.92. The van der Waals surface area contributed by atoms with Crippen molar-refractivity contribution in [1.82, 2.24) is 0 Å². The van der Waals surface area contributed by atoms with Gasteiger partial charge in [-0.05, 0) is 22.4 Å². The summed E-state index contributed by atoms with van der Waals surface area (Å²) in [6, 6.07) is 11.6. The Kier molecular flexibility index (Phi) is 4.94. The topological polar surface area (TPSA) is 83.6 Å². The van der Waals surface area contributed by atoms with Crippen LogP contribution in [0.25, 0.3) is 10.8 Å². The van der Waals surface area contributed by atoms with Crippen molar-refractivity contribution in [2.75, 3.05) is 0 Å². The molecule has 0 saturated heterocycles. The molecule has 4 nitrogen and oxygen atoms in total. The molecule has 2 rings (SSSR count). The number of aliphatic hydroxyl groups excluding tert-OH is 1. The first-order valence-corrected chi connectivity index (χ1v) is 5.25. The summed E-state index contributed by atoms with van der Waals surface area (Å²) in [7, 11) is 0. The number of aliphatic carboxylic acids is 1. The van der Waals surface area contributed by atoms with E-state index in [0.29, 0.717) is 5.56 Å². The number of fused-ring (bicyclic) bond motifs is 1. The second-order valence-electron chi connectivity index (χ2n) is 3.92. The summed E-state index contributed by atoms with van der Waals surface area (Å²) in [4.78, 5) is 10.7. The van der Waals surface area contributed by atoms with Gasteiger partial charge in [-0.15, -0.1) is 0 Å². The van der Waals surface area contributed by atoms with E-state index in [-0.39, 0.29) is 18.9 Å². The zero-order valence-corrected chi connectivity index (χ0v) is 9.08. The summed E-state index contributed by atoms with van der Waals surface area (Å²) in [6.07, 6.45) is -1.20. The Morgan fingerprint density at radius 3 is 2.33 bits per heavy atom. The molecule has 0 bridgehead atoms. The van der Waals surface area contributed by atoms with Gasteiger partial charge in [0.25, 0.3) is 0 Å². The van der Waals surface area contributed by atoms with Crippen molar-refractivity contribution in [2.24, 2.45) is 5.73 Å². The van der Waals surface area contributed by atoms with Gasteiger partial charge in [0, 0.05) is 0 Å². The number of rotatable bonds is 3. The van der Waals surface area contributed by atoms with Gasteiger partial charge in [-0.25, -0.2) is 0 Å². The van der Waals surface area contributed by atoms with E-state index in [1.807, 2.05) is 30.3 Å². The van der Waals surface area contributed by atoms with Gasteiger partial charge < -0.3 is 15.9 Å². The monoisotopic (exact) mass is 239 g/mol. The molecule has 0 fully saturated rings. The Balaban J connectivity index is 0.00000162. The molecule has 0 heterocycles. The van der Waals surface area contributed by atoms with E-state index < -0.39 is 18.1 Å². The number of carboxylic acids is 1. The van der Waals surface area contributed by atoms with E-state index in [1.165, 1.54) is 0 Å². The second-order valence-corrected chi connectivity index (χ2v) is 3.92. The fourth-order valence-corrected chi connectivity index (χ4v) is 1.73. The van der Waals surface area contributed by atoms with Crippen molar-refractivity contribution in [3.8, 4) is 0 Å². The van der Waals surface area contributed by atoms with Crippen LogP contribution in [-0.4, -0.2) is 41.1 Å². The zero-order chi connectivity index (χ0) is 12.4. The summed E-state index contributed by atoms with van der Waals surface area (Å²) in [5, 5.41) is 20.5. The van der Waals surface area contributed by atoms with Crippen LogP contribution >= 0.6 is 0 Å². The fraction of sp³-hybridized carbons (Fsp3) is 0.154. The number of carboxylic acid groups (broad SMARTS) is 1. The van der Waals surface area contributed by atoms with Crippen LogP contribution in [0.3, 0.4) is 0 Å². The molecule has 0 saturated carbocycles. The summed E-state index contributed by atoms with van der Waals surface area (Å²) >= 11 is 0. The van der Waals surface area contributed by atoms with Gasteiger partial charge >= 0.3 is 24.8 Å². The standard InChI is InChI=1S/C13H13NO3.Li.H/c14-11(13(16)17)12(15)10-6-5-8-3-1-2-4-9(8)7-10;;/h1-7,11-12,15H,14H2,(H,16,17);;/t11-,12?;;/m0../s1. The van der Waals surface area contributed by atoms with E-state index in [1.54, 1.807) is 12.1 Å². The number of carbonyl (C=O) groups is 1. The van der Waals surface area contributed by atoms with Crippen LogP contribution in [0.15, 0.2) is 42.5 Å². The molecule has 0 radical (unpaired) electrons. The molecule has 4 N–H and O–H groups in total. The normalized spacial score (nSPS) is 13.7. The van der Waals surface area contributed by atoms with E-state index in [9.17, 15) is 9.90 Å². The maximum atomic E-state index is 10.7. The third-order valence-electron chi connectivity index (χ3n) is 2.74. The number of hydrogen-bond donors (Lipinski definition) is 3. The molecule has 0 aliphatic rings. The first-order chi connectivity index (χ1) is 8.09. The number of aliphatic hydroxyl groups is 1. The molecule has 0 amide bonds. The van der Waals surface area contributed by atoms with Crippen molar-refractivity contribution < 1.29 is 15.0 Å². The van der Waals surface area contributed by atoms with Crippen LogP contribution in [-0.2, 0) is 4.79 Å². The van der Waals surface area contributed by atoms with E-state index in [2.05, 4.69) is 0 Å². The minimum absolute atomic E-state index is 0.